The third-order valence-corrected chi connectivity index (χ3v) is 3.37. The lowest BCUT2D eigenvalue weighted by Gasteiger charge is -2.38. The highest BCUT2D eigenvalue weighted by Gasteiger charge is 2.38. The van der Waals surface area contributed by atoms with E-state index in [1.165, 1.54) is 0 Å². The van der Waals surface area contributed by atoms with Crippen LogP contribution in [0.2, 0.25) is 0 Å². The zero-order chi connectivity index (χ0) is 11.5. The molecule has 1 rings (SSSR count). The van der Waals surface area contributed by atoms with Gasteiger partial charge in [0.15, 0.2) is 0 Å². The molecule has 0 aromatic heterocycles. The highest BCUT2D eigenvalue weighted by Crippen LogP contribution is 2.42. The maximum absolute atomic E-state index is 11.1. The minimum atomic E-state index is -0.657. The van der Waals surface area contributed by atoms with Gasteiger partial charge in [-0.3, -0.25) is 4.79 Å². The van der Waals surface area contributed by atoms with Crippen LogP contribution in [-0.4, -0.2) is 24.3 Å². The number of ether oxygens (including phenoxy) is 1. The third-order valence-electron chi connectivity index (χ3n) is 3.37. The molecule has 1 fully saturated rings. The van der Waals surface area contributed by atoms with E-state index < -0.39 is 5.97 Å². The van der Waals surface area contributed by atoms with Gasteiger partial charge in [-0.25, -0.2) is 0 Å². The topological polar surface area (TPSA) is 46.5 Å². The van der Waals surface area contributed by atoms with Crippen molar-refractivity contribution in [1.29, 1.82) is 0 Å². The Kier molecular flexibility index (Phi) is 4.14. The van der Waals surface area contributed by atoms with Crippen LogP contribution in [0.1, 0.15) is 40.0 Å². The Bertz CT molecular complexity index is 223. The minimum Gasteiger partial charge on any atom is -0.481 e. The van der Waals surface area contributed by atoms with E-state index >= 15 is 0 Å². The summed E-state index contributed by atoms with van der Waals surface area (Å²) in [5.74, 6) is -0.675. The van der Waals surface area contributed by atoms with Crippen LogP contribution in [0.3, 0.4) is 0 Å². The molecular formula is C12H22O3. The molecule has 0 saturated heterocycles. The molecule has 2 atom stereocenters. The van der Waals surface area contributed by atoms with Gasteiger partial charge in [0.1, 0.15) is 0 Å². The van der Waals surface area contributed by atoms with Crippen molar-refractivity contribution in [3.8, 4) is 0 Å². The summed E-state index contributed by atoms with van der Waals surface area (Å²) >= 11 is 0. The Morgan fingerprint density at radius 2 is 2.20 bits per heavy atom. The van der Waals surface area contributed by atoms with E-state index in [0.29, 0.717) is 13.2 Å². The molecule has 1 saturated carbocycles. The molecule has 0 amide bonds. The van der Waals surface area contributed by atoms with E-state index in [1.54, 1.807) is 0 Å². The molecule has 0 spiro atoms. The summed E-state index contributed by atoms with van der Waals surface area (Å²) in [6.07, 6.45) is 2.76. The second-order valence-electron chi connectivity index (χ2n) is 5.27. The first kappa shape index (κ1) is 12.5. The first-order valence-corrected chi connectivity index (χ1v) is 5.77. The first-order valence-electron chi connectivity index (χ1n) is 5.77. The molecule has 0 radical (unpaired) electrons. The number of carbonyl (C=O) groups is 1. The standard InChI is InChI=1S/C12H22O3/c1-4-15-8-9-7-12(2,3)6-5-10(9)11(13)14/h9-10H,4-8H2,1-3H3,(H,13,14). The van der Waals surface area contributed by atoms with Gasteiger partial charge in [-0.2, -0.15) is 0 Å². The lowest BCUT2D eigenvalue weighted by atomic mass is 9.67. The van der Waals surface area contributed by atoms with Crippen molar-refractivity contribution in [3.63, 3.8) is 0 Å². The molecule has 0 bridgehead atoms. The van der Waals surface area contributed by atoms with Gasteiger partial charge in [0.05, 0.1) is 12.5 Å². The predicted octanol–water partition coefficient (Wildman–Crippen LogP) is 2.55. The quantitative estimate of drug-likeness (QED) is 0.782. The van der Waals surface area contributed by atoms with E-state index in [2.05, 4.69) is 13.8 Å². The maximum Gasteiger partial charge on any atom is 0.306 e. The summed E-state index contributed by atoms with van der Waals surface area (Å²) in [4.78, 5) is 11.1. The fraction of sp³-hybridized carbons (Fsp3) is 0.917. The van der Waals surface area contributed by atoms with Crippen LogP contribution in [0.15, 0.2) is 0 Å². The number of carboxylic acid groups (broad SMARTS) is 1. The number of hydrogen-bond donors (Lipinski definition) is 1. The van der Waals surface area contributed by atoms with E-state index in [9.17, 15) is 4.79 Å². The van der Waals surface area contributed by atoms with Crippen LogP contribution in [0.5, 0.6) is 0 Å². The molecule has 0 aliphatic heterocycles. The minimum absolute atomic E-state index is 0.186. The fourth-order valence-electron chi connectivity index (χ4n) is 2.51. The lowest BCUT2D eigenvalue weighted by Crippen LogP contribution is -2.36. The van der Waals surface area contributed by atoms with E-state index in [0.717, 1.165) is 19.3 Å². The van der Waals surface area contributed by atoms with Crippen LogP contribution in [0.4, 0.5) is 0 Å². The van der Waals surface area contributed by atoms with Crippen LogP contribution < -0.4 is 0 Å². The Morgan fingerprint density at radius 3 is 2.73 bits per heavy atom. The van der Waals surface area contributed by atoms with Gasteiger partial charge in [-0.05, 0) is 37.5 Å². The monoisotopic (exact) mass is 214 g/mol. The number of rotatable bonds is 4. The lowest BCUT2D eigenvalue weighted by molar-refractivity contribution is -0.147. The van der Waals surface area contributed by atoms with Crippen LogP contribution in [0.25, 0.3) is 0 Å². The van der Waals surface area contributed by atoms with Gasteiger partial charge in [-0.15, -0.1) is 0 Å². The van der Waals surface area contributed by atoms with Crippen LogP contribution in [0, 0.1) is 17.3 Å². The molecular weight excluding hydrogens is 192 g/mol. The molecule has 2 unspecified atom stereocenters. The molecule has 0 aromatic carbocycles. The summed E-state index contributed by atoms with van der Waals surface area (Å²) in [7, 11) is 0. The van der Waals surface area contributed by atoms with Crippen molar-refractivity contribution >= 4 is 5.97 Å². The summed E-state index contributed by atoms with van der Waals surface area (Å²) in [6, 6.07) is 0. The molecule has 88 valence electrons. The highest BCUT2D eigenvalue weighted by molar-refractivity contribution is 5.70. The maximum atomic E-state index is 11.1. The van der Waals surface area contributed by atoms with Gasteiger partial charge in [-0.1, -0.05) is 13.8 Å². The van der Waals surface area contributed by atoms with Crippen molar-refractivity contribution in [2.24, 2.45) is 17.3 Å². The Morgan fingerprint density at radius 1 is 1.53 bits per heavy atom. The smallest absolute Gasteiger partial charge is 0.306 e. The van der Waals surface area contributed by atoms with Crippen LogP contribution in [-0.2, 0) is 9.53 Å². The van der Waals surface area contributed by atoms with Crippen LogP contribution >= 0.6 is 0 Å². The van der Waals surface area contributed by atoms with Gasteiger partial charge in [0, 0.05) is 6.61 Å². The van der Waals surface area contributed by atoms with E-state index in [1.807, 2.05) is 6.92 Å². The molecule has 1 aliphatic rings. The zero-order valence-corrected chi connectivity index (χ0v) is 9.95. The van der Waals surface area contributed by atoms with Crippen molar-refractivity contribution in [1.82, 2.24) is 0 Å². The Labute approximate surface area is 91.8 Å². The summed E-state index contributed by atoms with van der Waals surface area (Å²) < 4.78 is 5.38. The fourth-order valence-corrected chi connectivity index (χ4v) is 2.51. The van der Waals surface area contributed by atoms with Gasteiger partial charge in [0.25, 0.3) is 0 Å². The molecule has 3 nitrogen and oxygen atoms in total. The Hall–Kier alpha value is -0.570. The van der Waals surface area contributed by atoms with Crippen molar-refractivity contribution in [2.75, 3.05) is 13.2 Å². The molecule has 1 aliphatic carbocycles. The van der Waals surface area contributed by atoms with Crippen molar-refractivity contribution in [2.45, 2.75) is 40.0 Å². The largest absolute Gasteiger partial charge is 0.481 e. The second kappa shape index (κ2) is 4.97. The number of aliphatic carboxylic acids is 1. The molecule has 0 heterocycles. The van der Waals surface area contributed by atoms with E-state index in [4.69, 9.17) is 9.84 Å². The van der Waals surface area contributed by atoms with Crippen molar-refractivity contribution in [3.05, 3.63) is 0 Å². The van der Waals surface area contributed by atoms with Crippen molar-refractivity contribution < 1.29 is 14.6 Å². The van der Waals surface area contributed by atoms with E-state index in [-0.39, 0.29) is 17.3 Å². The normalized spacial score (nSPS) is 30.1. The Balaban J connectivity index is 2.60. The highest BCUT2D eigenvalue weighted by atomic mass is 16.5. The average Bonchev–Trinajstić information content (AvgIpc) is 2.12. The summed E-state index contributed by atoms with van der Waals surface area (Å²) in [5, 5.41) is 9.12. The summed E-state index contributed by atoms with van der Waals surface area (Å²) in [6.45, 7) is 7.64. The SMILES string of the molecule is CCOCC1CC(C)(C)CCC1C(=O)O. The van der Waals surface area contributed by atoms with Gasteiger partial charge >= 0.3 is 5.97 Å². The van der Waals surface area contributed by atoms with Gasteiger partial charge < -0.3 is 9.84 Å². The molecule has 15 heavy (non-hydrogen) atoms. The summed E-state index contributed by atoms with van der Waals surface area (Å²) in [5.41, 5.74) is 0.272. The number of hydrogen-bond acceptors (Lipinski definition) is 2. The zero-order valence-electron chi connectivity index (χ0n) is 9.95. The third kappa shape index (κ3) is 3.49. The number of carboxylic acids is 1. The molecule has 0 aromatic rings. The predicted molar refractivity (Wildman–Crippen MR) is 58.7 cm³/mol. The average molecular weight is 214 g/mol. The molecule has 1 N–H and O–H groups in total. The molecule has 3 heteroatoms. The second-order valence-corrected chi connectivity index (χ2v) is 5.27. The van der Waals surface area contributed by atoms with Gasteiger partial charge in [0.2, 0.25) is 0 Å². The first-order chi connectivity index (χ1) is 6.96.